The number of nitrogens with one attached hydrogen (secondary N) is 1. The predicted molar refractivity (Wildman–Crippen MR) is 79.0 cm³/mol. The maximum atomic E-state index is 4.35. The Kier molecular flexibility index (Phi) is 4.73. The molecule has 0 saturated carbocycles. The van der Waals surface area contributed by atoms with E-state index in [2.05, 4.69) is 43.9 Å². The molecule has 0 amide bonds. The number of rotatable bonds is 5. The summed E-state index contributed by atoms with van der Waals surface area (Å²) in [5.74, 6) is 0. The SMILES string of the molecule is CCCNC(c1cnc(C)s1)c1cscc1Br. The molecule has 1 unspecified atom stereocenters. The second-order valence-electron chi connectivity index (χ2n) is 3.84. The van der Waals surface area contributed by atoms with Crippen molar-refractivity contribution in [3.05, 3.63) is 36.9 Å². The molecule has 0 aromatic carbocycles. The van der Waals surface area contributed by atoms with E-state index in [-0.39, 0.29) is 6.04 Å². The first-order valence-electron chi connectivity index (χ1n) is 5.59. The van der Waals surface area contributed by atoms with E-state index >= 15 is 0 Å². The molecular formula is C12H15BrN2S2. The minimum Gasteiger partial charge on any atom is -0.305 e. The van der Waals surface area contributed by atoms with E-state index in [0.29, 0.717) is 0 Å². The zero-order valence-corrected chi connectivity index (χ0v) is 13.1. The standard InChI is InChI=1S/C12H15BrN2S2/c1-3-4-14-12(9-6-16-7-10(9)13)11-5-15-8(2)17-11/h5-7,12,14H,3-4H2,1-2H3. The summed E-state index contributed by atoms with van der Waals surface area (Å²) in [4.78, 5) is 5.64. The molecule has 92 valence electrons. The van der Waals surface area contributed by atoms with E-state index in [1.807, 2.05) is 13.1 Å². The lowest BCUT2D eigenvalue weighted by atomic mass is 10.1. The van der Waals surface area contributed by atoms with Gasteiger partial charge in [0.25, 0.3) is 0 Å². The maximum absolute atomic E-state index is 4.35. The van der Waals surface area contributed by atoms with Gasteiger partial charge in [0, 0.05) is 20.9 Å². The average Bonchev–Trinajstić information content (AvgIpc) is 2.90. The van der Waals surface area contributed by atoms with Crippen LogP contribution in [0.5, 0.6) is 0 Å². The van der Waals surface area contributed by atoms with Crippen molar-refractivity contribution in [2.24, 2.45) is 0 Å². The van der Waals surface area contributed by atoms with Gasteiger partial charge in [-0.3, -0.25) is 0 Å². The number of nitrogens with zero attached hydrogens (tertiary/aromatic N) is 1. The second kappa shape index (κ2) is 6.09. The van der Waals surface area contributed by atoms with Crippen molar-refractivity contribution < 1.29 is 0 Å². The zero-order chi connectivity index (χ0) is 12.3. The molecule has 2 nitrogen and oxygen atoms in total. The molecule has 2 heterocycles. The molecule has 2 aromatic rings. The number of thiazole rings is 1. The van der Waals surface area contributed by atoms with E-state index in [0.717, 1.165) is 18.0 Å². The molecule has 0 aliphatic carbocycles. The highest BCUT2D eigenvalue weighted by molar-refractivity contribution is 9.10. The van der Waals surface area contributed by atoms with Crippen molar-refractivity contribution in [2.75, 3.05) is 6.54 Å². The molecule has 5 heteroatoms. The maximum Gasteiger partial charge on any atom is 0.0897 e. The van der Waals surface area contributed by atoms with Crippen LogP contribution in [-0.4, -0.2) is 11.5 Å². The Morgan fingerprint density at radius 1 is 1.47 bits per heavy atom. The molecule has 0 aliphatic rings. The summed E-state index contributed by atoms with van der Waals surface area (Å²) in [6.45, 7) is 5.25. The van der Waals surface area contributed by atoms with Crippen LogP contribution in [0.2, 0.25) is 0 Å². The summed E-state index contributed by atoms with van der Waals surface area (Å²) in [5.41, 5.74) is 1.31. The van der Waals surface area contributed by atoms with Crippen LogP contribution in [0.15, 0.2) is 21.4 Å². The molecule has 2 aromatic heterocycles. The highest BCUT2D eigenvalue weighted by Crippen LogP contribution is 2.33. The normalized spacial score (nSPS) is 12.9. The van der Waals surface area contributed by atoms with Crippen LogP contribution in [0, 0.1) is 6.92 Å². The van der Waals surface area contributed by atoms with Crippen LogP contribution in [0.4, 0.5) is 0 Å². The molecule has 0 saturated heterocycles. The first-order valence-corrected chi connectivity index (χ1v) is 8.15. The summed E-state index contributed by atoms with van der Waals surface area (Å²) in [7, 11) is 0. The summed E-state index contributed by atoms with van der Waals surface area (Å²) < 4.78 is 1.18. The van der Waals surface area contributed by atoms with Crippen molar-refractivity contribution in [3.63, 3.8) is 0 Å². The summed E-state index contributed by atoms with van der Waals surface area (Å²) in [6, 6.07) is 0.266. The van der Waals surface area contributed by atoms with Crippen LogP contribution in [0.1, 0.15) is 34.8 Å². The van der Waals surface area contributed by atoms with Crippen molar-refractivity contribution >= 4 is 38.6 Å². The van der Waals surface area contributed by atoms with Gasteiger partial charge in [0.05, 0.1) is 11.0 Å². The second-order valence-corrected chi connectivity index (χ2v) is 6.71. The fourth-order valence-corrected chi connectivity index (χ4v) is 4.09. The number of thiophene rings is 1. The average molecular weight is 331 g/mol. The third-order valence-corrected chi connectivity index (χ3v) is 5.20. The highest BCUT2D eigenvalue weighted by Gasteiger charge is 2.18. The van der Waals surface area contributed by atoms with E-state index < -0.39 is 0 Å². The Morgan fingerprint density at radius 2 is 2.29 bits per heavy atom. The third kappa shape index (κ3) is 3.16. The largest absolute Gasteiger partial charge is 0.305 e. The monoisotopic (exact) mass is 330 g/mol. The van der Waals surface area contributed by atoms with Crippen molar-refractivity contribution in [1.82, 2.24) is 10.3 Å². The fourth-order valence-electron chi connectivity index (χ4n) is 1.66. The van der Waals surface area contributed by atoms with Crippen molar-refractivity contribution in [2.45, 2.75) is 26.3 Å². The van der Waals surface area contributed by atoms with E-state index in [4.69, 9.17) is 0 Å². The Bertz CT molecular complexity index is 478. The quantitative estimate of drug-likeness (QED) is 0.880. The lowest BCUT2D eigenvalue weighted by Gasteiger charge is -2.16. The fraction of sp³-hybridized carbons (Fsp3) is 0.417. The number of aryl methyl sites for hydroxylation is 1. The van der Waals surface area contributed by atoms with Crippen molar-refractivity contribution in [1.29, 1.82) is 0 Å². The third-order valence-electron chi connectivity index (χ3n) is 2.48. The van der Waals surface area contributed by atoms with Crippen LogP contribution >= 0.6 is 38.6 Å². The summed E-state index contributed by atoms with van der Waals surface area (Å²) in [6.07, 6.45) is 3.12. The molecule has 1 atom stereocenters. The highest BCUT2D eigenvalue weighted by atomic mass is 79.9. The molecule has 1 N–H and O–H groups in total. The first kappa shape index (κ1) is 13.2. The Hall–Kier alpha value is -0.230. The van der Waals surface area contributed by atoms with Gasteiger partial charge in [-0.25, -0.2) is 4.98 Å². The van der Waals surface area contributed by atoms with E-state index in [1.165, 1.54) is 14.9 Å². The van der Waals surface area contributed by atoms with Gasteiger partial charge in [0.15, 0.2) is 0 Å². The summed E-state index contributed by atoms with van der Waals surface area (Å²) in [5, 5.41) is 9.04. The molecule has 2 rings (SSSR count). The predicted octanol–water partition coefficient (Wildman–Crippen LogP) is 4.36. The lowest BCUT2D eigenvalue weighted by molar-refractivity contribution is 0.605. The van der Waals surface area contributed by atoms with Crippen LogP contribution in [0.25, 0.3) is 0 Å². The van der Waals surface area contributed by atoms with Gasteiger partial charge < -0.3 is 5.32 Å². The molecule has 0 fully saturated rings. The van der Waals surface area contributed by atoms with Gasteiger partial charge in [-0.05, 0) is 46.8 Å². The van der Waals surface area contributed by atoms with Gasteiger partial charge >= 0.3 is 0 Å². The minimum atomic E-state index is 0.266. The molecule has 0 spiro atoms. The van der Waals surface area contributed by atoms with Crippen LogP contribution in [0.3, 0.4) is 0 Å². The van der Waals surface area contributed by atoms with Crippen molar-refractivity contribution in [3.8, 4) is 0 Å². The first-order chi connectivity index (χ1) is 8.22. The summed E-state index contributed by atoms with van der Waals surface area (Å²) >= 11 is 7.11. The zero-order valence-electron chi connectivity index (χ0n) is 9.87. The smallest absolute Gasteiger partial charge is 0.0897 e. The van der Waals surface area contributed by atoms with E-state index in [1.54, 1.807) is 22.7 Å². The molecule has 17 heavy (non-hydrogen) atoms. The van der Waals surface area contributed by atoms with Gasteiger partial charge in [0.1, 0.15) is 0 Å². The lowest BCUT2D eigenvalue weighted by Crippen LogP contribution is -2.22. The number of aromatic nitrogens is 1. The number of hydrogen-bond acceptors (Lipinski definition) is 4. The Morgan fingerprint density at radius 3 is 2.82 bits per heavy atom. The number of halogens is 1. The van der Waals surface area contributed by atoms with Gasteiger partial charge in [-0.2, -0.15) is 11.3 Å². The minimum absolute atomic E-state index is 0.266. The molecule has 0 radical (unpaired) electrons. The van der Waals surface area contributed by atoms with Gasteiger partial charge in [0.2, 0.25) is 0 Å². The molecular weight excluding hydrogens is 316 g/mol. The van der Waals surface area contributed by atoms with E-state index in [9.17, 15) is 0 Å². The Labute approximate surface area is 118 Å². The van der Waals surface area contributed by atoms with Gasteiger partial charge in [-0.15, -0.1) is 11.3 Å². The number of hydrogen-bond donors (Lipinski definition) is 1. The van der Waals surface area contributed by atoms with Gasteiger partial charge in [-0.1, -0.05) is 6.92 Å². The Balaban J connectivity index is 2.28. The van der Waals surface area contributed by atoms with Crippen LogP contribution < -0.4 is 5.32 Å². The topological polar surface area (TPSA) is 24.9 Å². The molecule has 0 bridgehead atoms. The van der Waals surface area contributed by atoms with Crippen LogP contribution in [-0.2, 0) is 0 Å². The molecule has 0 aliphatic heterocycles.